The lowest BCUT2D eigenvalue weighted by atomic mass is 9.89. The lowest BCUT2D eigenvalue weighted by Gasteiger charge is -2.26. The van der Waals surface area contributed by atoms with Gasteiger partial charge in [0.1, 0.15) is 11.3 Å². The van der Waals surface area contributed by atoms with Crippen LogP contribution in [0.25, 0.3) is 111 Å². The fourth-order valence-electron chi connectivity index (χ4n) is 10.8. The largest absolute Gasteiger partial charge is 0.456 e. The molecule has 0 aliphatic carbocycles. The zero-order valence-electron chi connectivity index (χ0n) is 40.4. The maximum absolute atomic E-state index is 6.34. The lowest BCUT2D eigenvalue weighted by Crippen LogP contribution is -2.09. The third-order valence-corrected chi connectivity index (χ3v) is 14.5. The van der Waals surface area contributed by atoms with Crippen molar-refractivity contribution in [2.45, 2.75) is 6.92 Å². The molecule has 0 fully saturated rings. The Bertz CT molecular complexity index is 4110. The molecule has 1 heterocycles. The molecule has 12 aromatic carbocycles. The molecular formula is C71H49NO. The Balaban J connectivity index is 0.847. The van der Waals surface area contributed by atoms with E-state index in [0.29, 0.717) is 0 Å². The number of para-hydroxylation sites is 1. The zero-order valence-corrected chi connectivity index (χ0v) is 40.4. The summed E-state index contributed by atoms with van der Waals surface area (Å²) < 4.78 is 6.34. The van der Waals surface area contributed by atoms with Gasteiger partial charge in [0.2, 0.25) is 0 Å². The molecule has 13 aromatic rings. The van der Waals surface area contributed by atoms with E-state index in [-0.39, 0.29) is 0 Å². The predicted octanol–water partition coefficient (Wildman–Crippen LogP) is 20.2. The number of hydrogen-bond donors (Lipinski definition) is 0. The van der Waals surface area contributed by atoms with Crippen molar-refractivity contribution in [1.82, 2.24) is 0 Å². The number of aryl methyl sites for hydroxylation is 1. The van der Waals surface area contributed by atoms with Crippen LogP contribution in [0.5, 0.6) is 0 Å². The Kier molecular flexibility index (Phi) is 11.1. The van der Waals surface area contributed by atoms with E-state index < -0.39 is 0 Å². The van der Waals surface area contributed by atoms with Crippen LogP contribution < -0.4 is 4.90 Å². The highest BCUT2D eigenvalue weighted by Crippen LogP contribution is 2.43. The molecule has 0 amide bonds. The van der Waals surface area contributed by atoms with Crippen molar-refractivity contribution < 1.29 is 4.42 Å². The molecular weight excluding hydrogens is 883 g/mol. The molecule has 0 bridgehead atoms. The van der Waals surface area contributed by atoms with Gasteiger partial charge in [-0.1, -0.05) is 224 Å². The highest BCUT2D eigenvalue weighted by Gasteiger charge is 2.18. The van der Waals surface area contributed by atoms with E-state index in [1.807, 2.05) is 12.1 Å². The maximum Gasteiger partial charge on any atom is 0.138 e. The molecule has 2 heteroatoms. The van der Waals surface area contributed by atoms with Crippen molar-refractivity contribution in [2.75, 3.05) is 4.90 Å². The van der Waals surface area contributed by atoms with Crippen LogP contribution in [0, 0.1) is 6.92 Å². The van der Waals surface area contributed by atoms with Gasteiger partial charge in [-0.05, 0) is 150 Å². The van der Waals surface area contributed by atoms with Crippen LogP contribution in [0.3, 0.4) is 0 Å². The van der Waals surface area contributed by atoms with Crippen molar-refractivity contribution in [3.8, 4) is 78.1 Å². The van der Waals surface area contributed by atoms with Gasteiger partial charge < -0.3 is 9.32 Å². The van der Waals surface area contributed by atoms with Gasteiger partial charge in [0.05, 0.1) is 0 Å². The predicted molar refractivity (Wildman–Crippen MR) is 309 cm³/mol. The molecule has 0 spiro atoms. The van der Waals surface area contributed by atoms with Gasteiger partial charge in [0.25, 0.3) is 0 Å². The van der Waals surface area contributed by atoms with Crippen LogP contribution in [0.4, 0.5) is 17.1 Å². The molecule has 0 atom stereocenters. The molecule has 13 rings (SSSR count). The first kappa shape index (κ1) is 43.5. The van der Waals surface area contributed by atoms with E-state index in [0.717, 1.165) is 72.7 Å². The standard InChI is InChI=1S/C71H49NO/c1-48-61-21-13-14-29-70(61)73-71(48)57-20-15-19-55(46-57)51-32-30-49(31-33-51)50-34-40-58(41-35-50)72(60-44-38-54(39-45-60)69-47-56-18-5-6-24-64(56)67-27-11-12-28-68(67)69)59-42-36-53(37-43-59)63-23-8-10-26-66(63)65-25-9-7-22-62(65)52-16-3-2-4-17-52/h2-47H,1H3. The van der Waals surface area contributed by atoms with E-state index in [1.165, 1.54) is 60.5 Å². The SMILES string of the molecule is Cc1c(-c2cccc(-c3ccc(-c4ccc(N(c5ccc(-c6ccccc6-c6ccccc6-c6ccccc6)cc5)c5ccc(-c6cc7ccccc7c7ccccc67)cc5)cc4)cc3)c2)oc2ccccc12. The molecule has 0 aliphatic rings. The van der Waals surface area contributed by atoms with Crippen molar-refractivity contribution >= 4 is 49.6 Å². The third-order valence-electron chi connectivity index (χ3n) is 14.5. The van der Waals surface area contributed by atoms with E-state index in [1.54, 1.807) is 0 Å². The van der Waals surface area contributed by atoms with Crippen LogP contribution in [-0.2, 0) is 0 Å². The monoisotopic (exact) mass is 931 g/mol. The molecule has 0 saturated carbocycles. The van der Waals surface area contributed by atoms with Gasteiger partial charge in [0, 0.05) is 33.6 Å². The number of hydrogen-bond acceptors (Lipinski definition) is 2. The lowest BCUT2D eigenvalue weighted by molar-refractivity contribution is 0.629. The van der Waals surface area contributed by atoms with Crippen LogP contribution in [0.2, 0.25) is 0 Å². The third kappa shape index (κ3) is 8.15. The Morgan fingerprint density at radius 3 is 1.27 bits per heavy atom. The van der Waals surface area contributed by atoms with Crippen molar-refractivity contribution in [3.05, 3.63) is 285 Å². The Hall–Kier alpha value is -9.50. The molecule has 2 nitrogen and oxygen atoms in total. The first-order valence-electron chi connectivity index (χ1n) is 25.1. The summed E-state index contributed by atoms with van der Waals surface area (Å²) in [4.78, 5) is 2.37. The minimum Gasteiger partial charge on any atom is -0.456 e. The van der Waals surface area contributed by atoms with Crippen LogP contribution in [-0.4, -0.2) is 0 Å². The van der Waals surface area contributed by atoms with Gasteiger partial charge in [-0.25, -0.2) is 0 Å². The van der Waals surface area contributed by atoms with Gasteiger partial charge in [-0.2, -0.15) is 0 Å². The number of rotatable bonds is 10. The number of furan rings is 1. The van der Waals surface area contributed by atoms with Crippen molar-refractivity contribution in [1.29, 1.82) is 0 Å². The first-order valence-corrected chi connectivity index (χ1v) is 25.1. The smallest absolute Gasteiger partial charge is 0.138 e. The van der Waals surface area contributed by atoms with E-state index in [9.17, 15) is 0 Å². The van der Waals surface area contributed by atoms with E-state index in [2.05, 4.69) is 279 Å². The average Bonchev–Trinajstić information content (AvgIpc) is 3.81. The van der Waals surface area contributed by atoms with Gasteiger partial charge in [-0.3, -0.25) is 0 Å². The van der Waals surface area contributed by atoms with Gasteiger partial charge >= 0.3 is 0 Å². The van der Waals surface area contributed by atoms with Crippen LogP contribution in [0.15, 0.2) is 283 Å². The maximum atomic E-state index is 6.34. The molecule has 0 radical (unpaired) electrons. The van der Waals surface area contributed by atoms with Crippen molar-refractivity contribution in [3.63, 3.8) is 0 Å². The van der Waals surface area contributed by atoms with E-state index in [4.69, 9.17) is 4.42 Å². The summed E-state index contributed by atoms with van der Waals surface area (Å²) in [6.45, 7) is 2.14. The summed E-state index contributed by atoms with van der Waals surface area (Å²) >= 11 is 0. The zero-order chi connectivity index (χ0) is 48.7. The summed E-state index contributed by atoms with van der Waals surface area (Å²) in [6, 6.07) is 101. The van der Waals surface area contributed by atoms with Gasteiger partial charge in [0.15, 0.2) is 0 Å². The fraction of sp³-hybridized carbons (Fsp3) is 0.0141. The minimum absolute atomic E-state index is 0.916. The summed E-state index contributed by atoms with van der Waals surface area (Å²) in [5.74, 6) is 0.922. The van der Waals surface area contributed by atoms with E-state index >= 15 is 0 Å². The molecule has 73 heavy (non-hydrogen) atoms. The quantitative estimate of drug-likeness (QED) is 0.127. The molecule has 0 saturated heterocycles. The highest BCUT2D eigenvalue weighted by molar-refractivity contribution is 6.13. The Morgan fingerprint density at radius 2 is 0.671 bits per heavy atom. The molecule has 0 N–H and O–H groups in total. The van der Waals surface area contributed by atoms with Crippen LogP contribution in [0.1, 0.15) is 5.56 Å². The van der Waals surface area contributed by atoms with Crippen LogP contribution >= 0.6 is 0 Å². The summed E-state index contributed by atoms with van der Waals surface area (Å²) in [6.07, 6.45) is 0. The van der Waals surface area contributed by atoms with Gasteiger partial charge in [-0.15, -0.1) is 0 Å². The molecule has 344 valence electrons. The van der Waals surface area contributed by atoms with Crippen molar-refractivity contribution in [2.24, 2.45) is 0 Å². The second kappa shape index (κ2) is 18.7. The molecule has 1 aromatic heterocycles. The second-order valence-electron chi connectivity index (χ2n) is 18.8. The normalized spacial score (nSPS) is 11.4. The number of benzene rings is 12. The summed E-state index contributed by atoms with van der Waals surface area (Å²) in [7, 11) is 0. The Morgan fingerprint density at radius 1 is 0.260 bits per heavy atom. The molecule has 0 unspecified atom stereocenters. The molecule has 0 aliphatic heterocycles. The average molecular weight is 932 g/mol. The highest BCUT2D eigenvalue weighted by atomic mass is 16.3. The minimum atomic E-state index is 0.916. The number of anilines is 3. The summed E-state index contributed by atoms with van der Waals surface area (Å²) in [5, 5.41) is 6.19. The number of fused-ring (bicyclic) bond motifs is 4. The summed E-state index contributed by atoms with van der Waals surface area (Å²) in [5.41, 5.74) is 20.6. The topological polar surface area (TPSA) is 16.4 Å². The Labute approximate surface area is 426 Å². The second-order valence-corrected chi connectivity index (χ2v) is 18.8. The fourth-order valence-corrected chi connectivity index (χ4v) is 10.8. The number of nitrogens with zero attached hydrogens (tertiary/aromatic N) is 1. The first-order chi connectivity index (χ1) is 36.1.